The van der Waals surface area contributed by atoms with Gasteiger partial charge in [0.2, 0.25) is 0 Å². The van der Waals surface area contributed by atoms with Crippen molar-refractivity contribution in [2.75, 3.05) is 0 Å². The molecular formula is C9H15N3O3S3. The first-order chi connectivity index (χ1) is 8.20. The maximum atomic E-state index is 12.1. The molecule has 1 aromatic rings. The molecule has 1 aromatic heterocycles. The molecule has 1 heterocycles. The summed E-state index contributed by atoms with van der Waals surface area (Å²) in [5.74, 6) is 0. The number of hydrogen-bond acceptors (Lipinski definition) is 6. The van der Waals surface area contributed by atoms with Gasteiger partial charge in [-0.25, -0.2) is 28.1 Å². The van der Waals surface area contributed by atoms with Crippen molar-refractivity contribution in [2.24, 2.45) is 0 Å². The Labute approximate surface area is 120 Å². The zero-order valence-electron chi connectivity index (χ0n) is 10.1. The van der Waals surface area contributed by atoms with Gasteiger partial charge in [0.05, 0.1) is 16.1 Å². The minimum absolute atomic E-state index is 0.651. The van der Waals surface area contributed by atoms with Crippen molar-refractivity contribution in [1.29, 1.82) is 0 Å². The molecule has 0 saturated heterocycles. The molecule has 0 bridgehead atoms. The first-order valence-electron chi connectivity index (χ1n) is 5.24. The van der Waals surface area contributed by atoms with Crippen molar-refractivity contribution in [3.05, 3.63) is 31.5 Å². The number of rotatable bonds is 3. The highest BCUT2D eigenvalue weighted by atomic mass is 32.1. The van der Waals surface area contributed by atoms with Gasteiger partial charge in [-0.3, -0.25) is 0 Å². The summed E-state index contributed by atoms with van der Waals surface area (Å²) in [6, 6.07) is 0. The third-order valence-corrected chi connectivity index (χ3v) is 3.05. The fourth-order valence-electron chi connectivity index (χ4n) is 1.55. The summed E-state index contributed by atoms with van der Waals surface area (Å²) >= 11 is 12.2. The largest absolute Gasteiger partial charge is 0.338 e. The van der Waals surface area contributed by atoms with Crippen LogP contribution in [0.3, 0.4) is 0 Å². The summed E-state index contributed by atoms with van der Waals surface area (Å²) in [6.07, 6.45) is 0. The Morgan fingerprint density at radius 2 is 0.833 bits per heavy atom. The minimum Gasteiger partial charge on any atom is -0.247 e. The Morgan fingerprint density at radius 3 is 0.944 bits per heavy atom. The van der Waals surface area contributed by atoms with Gasteiger partial charge < -0.3 is 0 Å². The van der Waals surface area contributed by atoms with Gasteiger partial charge in [0.1, 0.15) is 0 Å². The van der Waals surface area contributed by atoms with Crippen molar-refractivity contribution < 1.29 is 0 Å². The van der Waals surface area contributed by atoms with Gasteiger partial charge >= 0.3 is 17.1 Å². The van der Waals surface area contributed by atoms with Gasteiger partial charge in [-0.05, 0) is 20.8 Å². The molecule has 3 atom stereocenters. The summed E-state index contributed by atoms with van der Waals surface area (Å²) in [4.78, 5) is 36.2. The Hall–Kier alpha value is -0.540. The van der Waals surface area contributed by atoms with E-state index in [-0.39, 0.29) is 0 Å². The number of aromatic nitrogens is 3. The number of hydrogen-bond donors (Lipinski definition) is 3. The van der Waals surface area contributed by atoms with Gasteiger partial charge in [-0.1, -0.05) is 0 Å². The second-order valence-electron chi connectivity index (χ2n) is 3.85. The molecular weight excluding hydrogens is 294 g/mol. The van der Waals surface area contributed by atoms with Crippen LogP contribution >= 0.6 is 37.9 Å². The van der Waals surface area contributed by atoms with Crippen molar-refractivity contribution in [3.8, 4) is 0 Å². The molecule has 9 heteroatoms. The molecule has 1 rings (SSSR count). The minimum atomic E-state index is -0.722. The molecule has 3 unspecified atom stereocenters. The highest BCUT2D eigenvalue weighted by molar-refractivity contribution is 7.80. The Bertz CT molecular complexity index is 496. The van der Waals surface area contributed by atoms with Crippen LogP contribution in [-0.4, -0.2) is 13.7 Å². The van der Waals surface area contributed by atoms with E-state index in [2.05, 4.69) is 37.9 Å². The third kappa shape index (κ3) is 2.57. The number of nitrogens with zero attached hydrogens (tertiary/aromatic N) is 3. The van der Waals surface area contributed by atoms with Crippen LogP contribution in [0.25, 0.3) is 0 Å². The van der Waals surface area contributed by atoms with E-state index in [1.54, 1.807) is 20.8 Å². The zero-order chi connectivity index (χ0) is 14.2. The highest BCUT2D eigenvalue weighted by Crippen LogP contribution is 2.08. The molecule has 0 radical (unpaired) electrons. The van der Waals surface area contributed by atoms with E-state index < -0.39 is 33.2 Å². The van der Waals surface area contributed by atoms with E-state index in [1.807, 2.05) is 0 Å². The standard InChI is InChI=1S/C9H15N3O3S3/c1-4(16)10-7(13)11(5(2)17)9(15)12(6(3)18)8(10)14/h4-6,16-18H,1-3H3. The fourth-order valence-corrected chi connectivity index (χ4v) is 2.15. The van der Waals surface area contributed by atoms with E-state index >= 15 is 0 Å². The average molecular weight is 309 g/mol. The van der Waals surface area contributed by atoms with E-state index in [4.69, 9.17) is 0 Å². The summed E-state index contributed by atoms with van der Waals surface area (Å²) in [5, 5.41) is -1.95. The smallest absolute Gasteiger partial charge is 0.247 e. The van der Waals surface area contributed by atoms with Gasteiger partial charge in [-0.2, -0.15) is 37.9 Å². The molecule has 0 amide bonds. The third-order valence-electron chi connectivity index (χ3n) is 2.36. The van der Waals surface area contributed by atoms with Crippen LogP contribution < -0.4 is 17.1 Å². The normalized spacial score (nSPS) is 16.3. The molecule has 0 aromatic carbocycles. The topological polar surface area (TPSA) is 66.0 Å². The fraction of sp³-hybridized carbons (Fsp3) is 0.667. The van der Waals surface area contributed by atoms with Crippen LogP contribution in [0.4, 0.5) is 0 Å². The Morgan fingerprint density at radius 1 is 0.667 bits per heavy atom. The quantitative estimate of drug-likeness (QED) is 0.713. The molecule has 0 aliphatic heterocycles. The average Bonchev–Trinajstić information content (AvgIpc) is 2.14. The lowest BCUT2D eigenvalue weighted by Gasteiger charge is -2.18. The lowest BCUT2D eigenvalue weighted by atomic mass is 10.6. The van der Waals surface area contributed by atoms with Crippen LogP contribution in [0.5, 0.6) is 0 Å². The van der Waals surface area contributed by atoms with E-state index in [0.29, 0.717) is 0 Å². The first-order valence-corrected chi connectivity index (χ1v) is 6.78. The summed E-state index contributed by atoms with van der Waals surface area (Å²) in [7, 11) is 0. The van der Waals surface area contributed by atoms with Crippen LogP contribution in [0.2, 0.25) is 0 Å². The van der Waals surface area contributed by atoms with Crippen molar-refractivity contribution in [2.45, 2.75) is 36.9 Å². The monoisotopic (exact) mass is 309 g/mol. The van der Waals surface area contributed by atoms with Gasteiger partial charge in [0.15, 0.2) is 0 Å². The van der Waals surface area contributed by atoms with Crippen molar-refractivity contribution in [3.63, 3.8) is 0 Å². The number of thiol groups is 3. The van der Waals surface area contributed by atoms with E-state index in [1.165, 1.54) is 0 Å². The summed E-state index contributed by atoms with van der Waals surface area (Å²) in [5.41, 5.74) is -2.17. The van der Waals surface area contributed by atoms with Gasteiger partial charge in [0, 0.05) is 0 Å². The molecule has 18 heavy (non-hydrogen) atoms. The molecule has 0 fully saturated rings. The predicted octanol–water partition coefficient (Wildman–Crippen LogP) is 0.517. The summed E-state index contributed by atoms with van der Waals surface area (Å²) in [6.45, 7) is 4.70. The maximum absolute atomic E-state index is 12.1. The molecule has 0 saturated carbocycles. The zero-order valence-corrected chi connectivity index (χ0v) is 12.8. The lowest BCUT2D eigenvalue weighted by molar-refractivity contribution is 0.462. The van der Waals surface area contributed by atoms with Crippen molar-refractivity contribution in [1.82, 2.24) is 13.7 Å². The predicted molar refractivity (Wildman–Crippen MR) is 80.3 cm³/mol. The second kappa shape index (κ2) is 5.62. The first kappa shape index (κ1) is 15.5. The second-order valence-corrected chi connectivity index (χ2v) is 6.10. The molecule has 102 valence electrons. The van der Waals surface area contributed by atoms with Crippen LogP contribution in [-0.2, 0) is 0 Å². The van der Waals surface area contributed by atoms with Crippen molar-refractivity contribution >= 4 is 37.9 Å². The molecule has 0 aliphatic carbocycles. The molecule has 6 nitrogen and oxygen atoms in total. The van der Waals surface area contributed by atoms with Crippen LogP contribution in [0.15, 0.2) is 14.4 Å². The molecule has 0 spiro atoms. The van der Waals surface area contributed by atoms with Crippen LogP contribution in [0.1, 0.15) is 36.9 Å². The van der Waals surface area contributed by atoms with Gasteiger partial charge in [-0.15, -0.1) is 0 Å². The Kier molecular flexibility index (Phi) is 4.84. The van der Waals surface area contributed by atoms with E-state index in [0.717, 1.165) is 13.7 Å². The van der Waals surface area contributed by atoms with E-state index in [9.17, 15) is 14.4 Å². The van der Waals surface area contributed by atoms with Crippen LogP contribution in [0, 0.1) is 0 Å². The lowest BCUT2D eigenvalue weighted by Crippen LogP contribution is -2.55. The molecule has 0 N–H and O–H groups in total. The molecule has 0 aliphatic rings. The summed E-state index contributed by atoms with van der Waals surface area (Å²) < 4.78 is 2.68. The SMILES string of the molecule is CC(S)n1c(=O)n(C(C)S)c(=O)n(C(C)S)c1=O. The highest BCUT2D eigenvalue weighted by Gasteiger charge is 2.20. The maximum Gasteiger partial charge on any atom is 0.338 e. The Balaban J connectivity index is 3.96. The van der Waals surface area contributed by atoms with Gasteiger partial charge in [0.25, 0.3) is 0 Å².